The van der Waals surface area contributed by atoms with Gasteiger partial charge in [0.15, 0.2) is 10.4 Å². The maximum atomic E-state index is 5.68. The molecule has 0 aromatic carbocycles. The zero-order valence-corrected chi connectivity index (χ0v) is 13.9. The average molecular weight is 320 g/mol. The summed E-state index contributed by atoms with van der Waals surface area (Å²) in [6.45, 7) is 0. The number of H-pyrrole nitrogens is 1. The zero-order chi connectivity index (χ0) is 14.6. The smallest absolute Gasteiger partial charge is 0.182 e. The van der Waals surface area contributed by atoms with E-state index in [1.54, 1.807) is 0 Å². The van der Waals surface area contributed by atoms with Crippen molar-refractivity contribution in [1.82, 2.24) is 19.1 Å². The first-order chi connectivity index (χ1) is 10.2. The number of nitrogens with one attached hydrogen (secondary N) is 1. The standard InChI is InChI=1S/C15H20N4S2/c1-18-14(20)11-13(17-12(16-11)9-7-8-9)19(15(18)21)10-5-3-2-4-6-10/h9-10H,2-8H2,1H3,(H,16,17). The summed E-state index contributed by atoms with van der Waals surface area (Å²) in [6.07, 6.45) is 8.79. The Kier molecular flexibility index (Phi) is 3.26. The molecule has 0 radical (unpaired) electrons. The van der Waals surface area contributed by atoms with Crippen molar-refractivity contribution in [2.24, 2.45) is 7.05 Å². The van der Waals surface area contributed by atoms with Crippen LogP contribution in [0.15, 0.2) is 0 Å². The lowest BCUT2D eigenvalue weighted by Gasteiger charge is -2.25. The highest BCUT2D eigenvalue weighted by Gasteiger charge is 2.29. The Morgan fingerprint density at radius 1 is 1.10 bits per heavy atom. The highest BCUT2D eigenvalue weighted by molar-refractivity contribution is 7.72. The molecule has 2 aliphatic rings. The zero-order valence-electron chi connectivity index (χ0n) is 12.3. The molecule has 0 amide bonds. The summed E-state index contributed by atoms with van der Waals surface area (Å²) in [6, 6.07) is 0.478. The lowest BCUT2D eigenvalue weighted by Crippen LogP contribution is -2.18. The van der Waals surface area contributed by atoms with Gasteiger partial charge in [-0.3, -0.25) is 4.57 Å². The van der Waals surface area contributed by atoms with Gasteiger partial charge in [0.2, 0.25) is 0 Å². The van der Waals surface area contributed by atoms with Crippen LogP contribution in [0.2, 0.25) is 0 Å². The molecule has 6 heteroatoms. The number of imidazole rings is 1. The van der Waals surface area contributed by atoms with E-state index in [1.807, 2.05) is 11.6 Å². The van der Waals surface area contributed by atoms with Gasteiger partial charge >= 0.3 is 0 Å². The van der Waals surface area contributed by atoms with Crippen LogP contribution in [0.1, 0.15) is 62.7 Å². The van der Waals surface area contributed by atoms with Crippen LogP contribution in [0.25, 0.3) is 11.2 Å². The Bertz CT molecular complexity index is 803. The molecule has 0 spiro atoms. The summed E-state index contributed by atoms with van der Waals surface area (Å²) in [5.74, 6) is 1.70. The second kappa shape index (κ2) is 5.02. The summed E-state index contributed by atoms with van der Waals surface area (Å²) >= 11 is 11.3. The molecule has 2 saturated carbocycles. The monoisotopic (exact) mass is 320 g/mol. The van der Waals surface area contributed by atoms with Gasteiger partial charge in [0.05, 0.1) is 0 Å². The molecular weight excluding hydrogens is 300 g/mol. The summed E-state index contributed by atoms with van der Waals surface area (Å²) in [4.78, 5) is 8.34. The fourth-order valence-corrected chi connectivity index (χ4v) is 4.04. The molecule has 0 unspecified atom stereocenters. The maximum absolute atomic E-state index is 5.68. The lowest BCUT2D eigenvalue weighted by atomic mass is 9.95. The maximum Gasteiger partial charge on any atom is 0.182 e. The molecule has 0 atom stereocenters. The van der Waals surface area contributed by atoms with Gasteiger partial charge < -0.3 is 9.55 Å². The number of aromatic nitrogens is 4. The molecule has 0 saturated heterocycles. The van der Waals surface area contributed by atoms with E-state index in [-0.39, 0.29) is 0 Å². The van der Waals surface area contributed by atoms with Gasteiger partial charge in [-0.15, -0.1) is 0 Å². The van der Waals surface area contributed by atoms with E-state index >= 15 is 0 Å². The minimum Gasteiger partial charge on any atom is -0.338 e. The highest BCUT2D eigenvalue weighted by Crippen LogP contribution is 2.39. The third kappa shape index (κ3) is 2.19. The molecule has 112 valence electrons. The largest absolute Gasteiger partial charge is 0.338 e. The Balaban J connectivity index is 1.98. The molecule has 21 heavy (non-hydrogen) atoms. The number of aromatic amines is 1. The van der Waals surface area contributed by atoms with E-state index in [1.165, 1.54) is 44.9 Å². The topological polar surface area (TPSA) is 38.5 Å². The summed E-state index contributed by atoms with van der Waals surface area (Å²) < 4.78 is 5.81. The Hall–Kier alpha value is -1.01. The molecule has 1 N–H and O–H groups in total. The van der Waals surface area contributed by atoms with Crippen LogP contribution in [0.3, 0.4) is 0 Å². The van der Waals surface area contributed by atoms with Crippen molar-refractivity contribution >= 4 is 35.6 Å². The van der Waals surface area contributed by atoms with Gasteiger partial charge in [-0.2, -0.15) is 0 Å². The summed E-state index contributed by atoms with van der Waals surface area (Å²) in [5.41, 5.74) is 1.98. The first-order valence-electron chi connectivity index (χ1n) is 7.88. The second-order valence-electron chi connectivity index (χ2n) is 6.40. The fraction of sp³-hybridized carbons (Fsp3) is 0.667. The molecule has 2 fully saturated rings. The van der Waals surface area contributed by atoms with Crippen LogP contribution in [0.5, 0.6) is 0 Å². The molecule has 2 aliphatic carbocycles. The van der Waals surface area contributed by atoms with E-state index in [0.717, 1.165) is 26.4 Å². The van der Waals surface area contributed by atoms with Crippen LogP contribution in [-0.2, 0) is 7.05 Å². The van der Waals surface area contributed by atoms with Gasteiger partial charge in [0.1, 0.15) is 16.0 Å². The normalized spacial score (nSPS) is 20.2. The quantitative estimate of drug-likeness (QED) is 0.825. The van der Waals surface area contributed by atoms with E-state index in [4.69, 9.17) is 29.4 Å². The Morgan fingerprint density at radius 2 is 1.81 bits per heavy atom. The van der Waals surface area contributed by atoms with Crippen LogP contribution in [-0.4, -0.2) is 19.1 Å². The number of hydrogen-bond donors (Lipinski definition) is 1. The van der Waals surface area contributed by atoms with Crippen molar-refractivity contribution in [1.29, 1.82) is 0 Å². The van der Waals surface area contributed by atoms with Crippen molar-refractivity contribution in [3.8, 4) is 0 Å². The van der Waals surface area contributed by atoms with E-state index < -0.39 is 0 Å². The predicted molar refractivity (Wildman–Crippen MR) is 88.8 cm³/mol. The number of hydrogen-bond acceptors (Lipinski definition) is 3. The van der Waals surface area contributed by atoms with Crippen LogP contribution in [0, 0.1) is 9.41 Å². The fourth-order valence-electron chi connectivity index (χ4n) is 3.43. The average Bonchev–Trinajstić information content (AvgIpc) is 3.26. The molecule has 4 nitrogen and oxygen atoms in total. The van der Waals surface area contributed by atoms with Crippen LogP contribution >= 0.6 is 24.4 Å². The van der Waals surface area contributed by atoms with Crippen molar-refractivity contribution in [2.45, 2.75) is 56.9 Å². The molecular formula is C15H20N4S2. The van der Waals surface area contributed by atoms with E-state index in [2.05, 4.69) is 9.55 Å². The minimum atomic E-state index is 0.478. The van der Waals surface area contributed by atoms with Crippen molar-refractivity contribution in [3.63, 3.8) is 0 Å². The second-order valence-corrected chi connectivity index (χ2v) is 7.16. The molecule has 0 bridgehead atoms. The summed E-state index contributed by atoms with van der Waals surface area (Å²) in [5, 5.41) is 0. The molecule has 2 heterocycles. The Morgan fingerprint density at radius 3 is 2.48 bits per heavy atom. The van der Waals surface area contributed by atoms with Crippen molar-refractivity contribution in [2.75, 3.05) is 0 Å². The van der Waals surface area contributed by atoms with Gasteiger partial charge in [-0.25, -0.2) is 4.98 Å². The Labute approximate surface area is 134 Å². The van der Waals surface area contributed by atoms with Crippen molar-refractivity contribution < 1.29 is 0 Å². The predicted octanol–water partition coefficient (Wildman–Crippen LogP) is 4.54. The van der Waals surface area contributed by atoms with Crippen LogP contribution in [0.4, 0.5) is 0 Å². The third-order valence-corrected chi connectivity index (χ3v) is 5.80. The first-order valence-corrected chi connectivity index (χ1v) is 8.69. The number of nitrogens with zero attached hydrogens (tertiary/aromatic N) is 3. The van der Waals surface area contributed by atoms with Gasteiger partial charge in [-0.1, -0.05) is 31.5 Å². The lowest BCUT2D eigenvalue weighted by molar-refractivity contribution is 0.350. The van der Waals surface area contributed by atoms with Gasteiger partial charge in [-0.05, 0) is 37.9 Å². The number of rotatable bonds is 2. The van der Waals surface area contributed by atoms with Crippen molar-refractivity contribution in [3.05, 3.63) is 15.2 Å². The van der Waals surface area contributed by atoms with E-state index in [9.17, 15) is 0 Å². The number of fused-ring (bicyclic) bond motifs is 1. The highest BCUT2D eigenvalue weighted by atomic mass is 32.1. The molecule has 0 aliphatic heterocycles. The third-order valence-electron chi connectivity index (χ3n) is 4.85. The minimum absolute atomic E-state index is 0.478. The first kappa shape index (κ1) is 13.6. The van der Waals surface area contributed by atoms with E-state index in [0.29, 0.717) is 12.0 Å². The SMILES string of the molecule is Cn1c(=S)c2[nH]c(C3CC3)nc2n(C2CCCCC2)c1=S. The molecule has 2 aromatic heterocycles. The van der Waals surface area contributed by atoms with Gasteiger partial charge in [0, 0.05) is 19.0 Å². The molecule has 2 aromatic rings. The summed E-state index contributed by atoms with van der Waals surface area (Å²) in [7, 11) is 1.97. The van der Waals surface area contributed by atoms with Gasteiger partial charge in [0.25, 0.3) is 0 Å². The molecule has 4 rings (SSSR count). The van der Waals surface area contributed by atoms with Crippen LogP contribution < -0.4 is 0 Å².